The SMILES string of the molecule is CC[C@@H](COC(=O)Nc1ccc(Cl)cc1)N1C(=O)CS[C@H]1c1ccc(Cl)cc1. The zero-order valence-corrected chi connectivity index (χ0v) is 17.6. The summed E-state index contributed by atoms with van der Waals surface area (Å²) in [4.78, 5) is 26.4. The lowest BCUT2D eigenvalue weighted by molar-refractivity contribution is -0.131. The smallest absolute Gasteiger partial charge is 0.411 e. The van der Waals surface area contributed by atoms with Gasteiger partial charge in [-0.05, 0) is 48.4 Å². The van der Waals surface area contributed by atoms with Crippen LogP contribution in [0.2, 0.25) is 10.0 Å². The van der Waals surface area contributed by atoms with Gasteiger partial charge in [-0.2, -0.15) is 0 Å². The van der Waals surface area contributed by atoms with Gasteiger partial charge in [0.05, 0.1) is 11.8 Å². The summed E-state index contributed by atoms with van der Waals surface area (Å²) in [6, 6.07) is 14.0. The van der Waals surface area contributed by atoms with Crippen LogP contribution >= 0.6 is 35.0 Å². The maximum atomic E-state index is 12.5. The molecule has 3 rings (SSSR count). The summed E-state index contributed by atoms with van der Waals surface area (Å²) in [6.45, 7) is 2.09. The number of anilines is 1. The molecule has 2 atom stereocenters. The van der Waals surface area contributed by atoms with Crippen molar-refractivity contribution >= 4 is 52.7 Å². The number of thioether (sulfide) groups is 1. The van der Waals surface area contributed by atoms with Crippen LogP contribution in [-0.4, -0.2) is 35.3 Å². The average Bonchev–Trinajstić information content (AvgIpc) is 3.06. The molecule has 1 aliphatic heterocycles. The lowest BCUT2D eigenvalue weighted by Crippen LogP contribution is -2.41. The number of hydrogen-bond donors (Lipinski definition) is 1. The van der Waals surface area contributed by atoms with Crippen molar-refractivity contribution < 1.29 is 14.3 Å². The van der Waals surface area contributed by atoms with E-state index in [2.05, 4.69) is 5.32 Å². The highest BCUT2D eigenvalue weighted by Crippen LogP contribution is 2.40. The quantitative estimate of drug-likeness (QED) is 0.637. The maximum absolute atomic E-state index is 12.5. The molecule has 0 aliphatic carbocycles. The van der Waals surface area contributed by atoms with Crippen LogP contribution in [0.1, 0.15) is 24.3 Å². The van der Waals surface area contributed by atoms with Gasteiger partial charge in [0.15, 0.2) is 0 Å². The third-order valence-electron chi connectivity index (χ3n) is 4.42. The van der Waals surface area contributed by atoms with Gasteiger partial charge in [0.25, 0.3) is 0 Å². The van der Waals surface area contributed by atoms with Gasteiger partial charge < -0.3 is 9.64 Å². The Hall–Kier alpha value is -1.89. The molecule has 5 nitrogen and oxygen atoms in total. The Morgan fingerprint density at radius 2 is 1.79 bits per heavy atom. The molecule has 1 N–H and O–H groups in total. The summed E-state index contributed by atoms with van der Waals surface area (Å²) in [7, 11) is 0. The van der Waals surface area contributed by atoms with Gasteiger partial charge in [-0.3, -0.25) is 10.1 Å². The molecular formula is C20H20Cl2N2O3S. The molecular weight excluding hydrogens is 419 g/mol. The molecule has 1 heterocycles. The summed E-state index contributed by atoms with van der Waals surface area (Å²) in [5, 5.41) is 3.78. The van der Waals surface area contributed by atoms with Crippen LogP contribution < -0.4 is 5.32 Å². The summed E-state index contributed by atoms with van der Waals surface area (Å²) >= 11 is 13.4. The average molecular weight is 439 g/mol. The zero-order valence-electron chi connectivity index (χ0n) is 15.2. The summed E-state index contributed by atoms with van der Waals surface area (Å²) in [5.41, 5.74) is 1.60. The van der Waals surface area contributed by atoms with Gasteiger partial charge in [0.2, 0.25) is 5.91 Å². The molecule has 28 heavy (non-hydrogen) atoms. The fourth-order valence-electron chi connectivity index (χ4n) is 2.97. The van der Waals surface area contributed by atoms with Crippen molar-refractivity contribution in [1.82, 2.24) is 4.90 Å². The minimum Gasteiger partial charge on any atom is -0.447 e. The van der Waals surface area contributed by atoms with E-state index in [0.29, 0.717) is 27.9 Å². The van der Waals surface area contributed by atoms with Crippen molar-refractivity contribution in [1.29, 1.82) is 0 Å². The first-order valence-electron chi connectivity index (χ1n) is 8.85. The number of halogens is 2. The molecule has 8 heteroatoms. The second-order valence-electron chi connectivity index (χ2n) is 6.31. The van der Waals surface area contributed by atoms with Gasteiger partial charge in [-0.25, -0.2) is 4.79 Å². The minimum absolute atomic E-state index is 0.0403. The molecule has 0 radical (unpaired) electrons. The molecule has 0 unspecified atom stereocenters. The van der Waals surface area contributed by atoms with Crippen LogP contribution in [0.4, 0.5) is 10.5 Å². The zero-order chi connectivity index (χ0) is 20.1. The molecule has 0 saturated carbocycles. The number of amides is 2. The first kappa shape index (κ1) is 20.8. The van der Waals surface area contributed by atoms with E-state index < -0.39 is 6.09 Å². The molecule has 2 aromatic rings. The number of carbonyl (C=O) groups excluding carboxylic acids is 2. The molecule has 0 spiro atoms. The molecule has 1 fully saturated rings. The largest absolute Gasteiger partial charge is 0.447 e. The first-order valence-corrected chi connectivity index (χ1v) is 10.7. The first-order chi connectivity index (χ1) is 13.5. The Morgan fingerprint density at radius 1 is 1.18 bits per heavy atom. The number of benzene rings is 2. The number of rotatable bonds is 6. The molecule has 2 amide bonds. The van der Waals surface area contributed by atoms with Gasteiger partial charge >= 0.3 is 6.09 Å². The third kappa shape index (κ3) is 5.13. The van der Waals surface area contributed by atoms with Crippen LogP contribution in [0.25, 0.3) is 0 Å². The Kier molecular flexibility index (Phi) is 7.10. The molecule has 1 saturated heterocycles. The maximum Gasteiger partial charge on any atom is 0.411 e. The third-order valence-corrected chi connectivity index (χ3v) is 6.16. The van der Waals surface area contributed by atoms with E-state index in [1.165, 1.54) is 0 Å². The molecule has 0 bridgehead atoms. The van der Waals surface area contributed by atoms with E-state index in [4.69, 9.17) is 27.9 Å². The second kappa shape index (κ2) is 9.54. The van der Waals surface area contributed by atoms with Crippen LogP contribution in [0.3, 0.4) is 0 Å². The monoisotopic (exact) mass is 438 g/mol. The topological polar surface area (TPSA) is 58.6 Å². The highest BCUT2D eigenvalue weighted by atomic mass is 35.5. The van der Waals surface area contributed by atoms with Gasteiger partial charge in [0, 0.05) is 15.7 Å². The minimum atomic E-state index is -0.567. The lowest BCUT2D eigenvalue weighted by atomic mass is 10.1. The highest BCUT2D eigenvalue weighted by molar-refractivity contribution is 8.00. The van der Waals surface area contributed by atoms with Crippen LogP contribution in [0, 0.1) is 0 Å². The van der Waals surface area contributed by atoms with E-state index >= 15 is 0 Å². The van der Waals surface area contributed by atoms with Crippen LogP contribution in [-0.2, 0) is 9.53 Å². The summed E-state index contributed by atoms with van der Waals surface area (Å²) in [5.74, 6) is 0.444. The van der Waals surface area contributed by atoms with E-state index in [1.54, 1.807) is 36.0 Å². The van der Waals surface area contributed by atoms with Crippen molar-refractivity contribution in [2.24, 2.45) is 0 Å². The van der Waals surface area contributed by atoms with E-state index in [0.717, 1.165) is 5.56 Å². The fraction of sp³-hybridized carbons (Fsp3) is 0.300. The highest BCUT2D eigenvalue weighted by Gasteiger charge is 2.37. The predicted octanol–water partition coefficient (Wildman–Crippen LogP) is 5.59. The van der Waals surface area contributed by atoms with Gasteiger partial charge in [0.1, 0.15) is 12.0 Å². The van der Waals surface area contributed by atoms with Crippen molar-refractivity contribution in [2.75, 3.05) is 17.7 Å². The Balaban J connectivity index is 1.63. The lowest BCUT2D eigenvalue weighted by Gasteiger charge is -2.32. The van der Waals surface area contributed by atoms with Gasteiger partial charge in [-0.15, -0.1) is 11.8 Å². The number of nitrogens with one attached hydrogen (secondary N) is 1. The number of ether oxygens (including phenoxy) is 1. The fourth-order valence-corrected chi connectivity index (χ4v) is 4.47. The van der Waals surface area contributed by atoms with Crippen LogP contribution in [0.15, 0.2) is 48.5 Å². The van der Waals surface area contributed by atoms with E-state index in [-0.39, 0.29) is 23.9 Å². The molecule has 2 aromatic carbocycles. The molecule has 148 valence electrons. The Bertz CT molecular complexity index is 830. The second-order valence-corrected chi connectivity index (χ2v) is 8.25. The van der Waals surface area contributed by atoms with E-state index in [1.807, 2.05) is 36.1 Å². The van der Waals surface area contributed by atoms with Crippen molar-refractivity contribution in [3.8, 4) is 0 Å². The number of nitrogens with zero attached hydrogens (tertiary/aromatic N) is 1. The molecule has 1 aliphatic rings. The predicted molar refractivity (Wildman–Crippen MR) is 114 cm³/mol. The van der Waals surface area contributed by atoms with Gasteiger partial charge in [-0.1, -0.05) is 42.3 Å². The van der Waals surface area contributed by atoms with Crippen LogP contribution in [0.5, 0.6) is 0 Å². The normalized spacial score (nSPS) is 17.5. The van der Waals surface area contributed by atoms with Crippen molar-refractivity contribution in [2.45, 2.75) is 24.8 Å². The Morgan fingerprint density at radius 3 is 2.39 bits per heavy atom. The molecule has 0 aromatic heterocycles. The number of carbonyl (C=O) groups is 2. The van der Waals surface area contributed by atoms with Crippen molar-refractivity contribution in [3.05, 3.63) is 64.1 Å². The van der Waals surface area contributed by atoms with Crippen molar-refractivity contribution in [3.63, 3.8) is 0 Å². The number of hydrogen-bond acceptors (Lipinski definition) is 4. The van der Waals surface area contributed by atoms with E-state index in [9.17, 15) is 9.59 Å². The summed E-state index contributed by atoms with van der Waals surface area (Å²) < 4.78 is 5.39. The summed E-state index contributed by atoms with van der Waals surface area (Å²) in [6.07, 6.45) is 0.105. The standard InChI is InChI=1S/C20H20Cl2N2O3S/c1-2-17(11-27-20(26)23-16-9-7-15(22)8-10-16)24-18(25)12-28-19(24)13-3-5-14(21)6-4-13/h3-10,17,19H,2,11-12H2,1H3,(H,23,26)/t17-,19-/m0/s1. The Labute approximate surface area is 178 Å².